The highest BCUT2D eigenvalue weighted by Gasteiger charge is 2.14. The number of halogens is 4. The molecule has 0 unspecified atom stereocenters. The third-order valence-electron chi connectivity index (χ3n) is 4.43. The first-order chi connectivity index (χ1) is 15.8. The first-order valence-corrected chi connectivity index (χ1v) is 11.4. The van der Waals surface area contributed by atoms with Gasteiger partial charge in [-0.2, -0.15) is 5.26 Å². The molecule has 33 heavy (non-hydrogen) atoms. The van der Waals surface area contributed by atoms with Gasteiger partial charge in [-0.1, -0.05) is 40.9 Å². The van der Waals surface area contributed by atoms with E-state index in [1.165, 1.54) is 6.08 Å². The van der Waals surface area contributed by atoms with E-state index in [1.807, 2.05) is 6.07 Å². The molecule has 0 radical (unpaired) electrons. The smallest absolute Gasteiger partial charge is 0.266 e. The molecule has 0 spiro atoms. The molecule has 9 heteroatoms. The predicted molar refractivity (Wildman–Crippen MR) is 135 cm³/mol. The highest BCUT2D eigenvalue weighted by atomic mass is 79.9. The van der Waals surface area contributed by atoms with Crippen molar-refractivity contribution >= 4 is 68.4 Å². The van der Waals surface area contributed by atoms with Crippen LogP contribution in [0.3, 0.4) is 0 Å². The van der Waals surface area contributed by atoms with Crippen LogP contribution < -0.4 is 14.8 Å². The third kappa shape index (κ3) is 6.66. The zero-order valence-electron chi connectivity index (χ0n) is 17.2. The summed E-state index contributed by atoms with van der Waals surface area (Å²) >= 11 is 21.9. The maximum atomic E-state index is 12.5. The van der Waals surface area contributed by atoms with Crippen molar-refractivity contribution in [2.24, 2.45) is 0 Å². The van der Waals surface area contributed by atoms with Crippen molar-refractivity contribution in [2.75, 3.05) is 12.4 Å². The zero-order chi connectivity index (χ0) is 24.0. The molecule has 3 aromatic rings. The predicted octanol–water partition coefficient (Wildman–Crippen LogP) is 7.54. The summed E-state index contributed by atoms with van der Waals surface area (Å²) < 4.78 is 11.5. The summed E-state index contributed by atoms with van der Waals surface area (Å²) in [4.78, 5) is 12.5. The Morgan fingerprint density at radius 3 is 2.42 bits per heavy atom. The van der Waals surface area contributed by atoms with E-state index in [1.54, 1.807) is 61.7 Å². The lowest BCUT2D eigenvalue weighted by Crippen LogP contribution is -2.13. The molecule has 0 aliphatic carbocycles. The largest absolute Gasteiger partial charge is 0.497 e. The number of ether oxygens (including phenoxy) is 2. The summed E-state index contributed by atoms with van der Waals surface area (Å²) in [6, 6.07) is 17.1. The van der Waals surface area contributed by atoms with Gasteiger partial charge in [0, 0.05) is 21.3 Å². The van der Waals surface area contributed by atoms with Crippen molar-refractivity contribution in [3.05, 3.63) is 90.8 Å². The molecule has 1 amide bonds. The van der Waals surface area contributed by atoms with Crippen molar-refractivity contribution in [1.29, 1.82) is 5.26 Å². The van der Waals surface area contributed by atoms with Gasteiger partial charge >= 0.3 is 0 Å². The zero-order valence-corrected chi connectivity index (χ0v) is 21.0. The number of carbonyl (C=O) groups excluding carboxylic acids is 1. The van der Waals surface area contributed by atoms with Crippen LogP contribution >= 0.6 is 50.7 Å². The van der Waals surface area contributed by atoms with Gasteiger partial charge in [-0.05, 0) is 76.1 Å². The fraction of sp³-hybridized carbons (Fsp3) is 0.0833. The maximum absolute atomic E-state index is 12.5. The number of hydrogen-bond acceptors (Lipinski definition) is 4. The second kappa shape index (κ2) is 11.4. The summed E-state index contributed by atoms with van der Waals surface area (Å²) in [6.45, 7) is 0.178. The van der Waals surface area contributed by atoms with Crippen LogP contribution in [-0.4, -0.2) is 13.0 Å². The van der Waals surface area contributed by atoms with Crippen molar-refractivity contribution in [3.63, 3.8) is 0 Å². The topological polar surface area (TPSA) is 71.3 Å². The second-order valence-corrected chi connectivity index (χ2v) is 8.80. The number of nitrogens with one attached hydrogen (secondary N) is 1. The van der Waals surface area contributed by atoms with Gasteiger partial charge in [0.2, 0.25) is 0 Å². The van der Waals surface area contributed by atoms with Crippen LogP contribution in [0.2, 0.25) is 15.1 Å². The van der Waals surface area contributed by atoms with Crippen LogP contribution in [0, 0.1) is 11.3 Å². The lowest BCUT2D eigenvalue weighted by atomic mass is 10.1. The molecular formula is C24H16BrCl3N2O3. The molecule has 0 saturated heterocycles. The van der Waals surface area contributed by atoms with E-state index in [0.29, 0.717) is 42.3 Å². The monoisotopic (exact) mass is 564 g/mol. The molecular weight excluding hydrogens is 551 g/mol. The van der Waals surface area contributed by atoms with E-state index in [4.69, 9.17) is 44.3 Å². The summed E-state index contributed by atoms with van der Waals surface area (Å²) in [5.41, 5.74) is 1.74. The molecule has 0 aliphatic heterocycles. The van der Waals surface area contributed by atoms with Crippen LogP contribution in [0.1, 0.15) is 11.1 Å². The first-order valence-electron chi connectivity index (χ1n) is 9.43. The Morgan fingerprint density at radius 2 is 1.82 bits per heavy atom. The average Bonchev–Trinajstić information content (AvgIpc) is 2.78. The van der Waals surface area contributed by atoms with Crippen LogP contribution in [0.25, 0.3) is 6.08 Å². The second-order valence-electron chi connectivity index (χ2n) is 6.69. The Bertz CT molecular complexity index is 1230. The van der Waals surface area contributed by atoms with E-state index >= 15 is 0 Å². The number of nitrogens with zero attached hydrogens (tertiary/aromatic N) is 1. The summed E-state index contributed by atoms with van der Waals surface area (Å²) in [6.07, 6.45) is 1.44. The van der Waals surface area contributed by atoms with E-state index in [0.717, 1.165) is 5.56 Å². The minimum atomic E-state index is -0.549. The number of benzene rings is 3. The third-order valence-corrected chi connectivity index (χ3v) is 5.89. The van der Waals surface area contributed by atoms with Gasteiger partial charge in [0.25, 0.3) is 5.91 Å². The Morgan fingerprint density at radius 1 is 1.09 bits per heavy atom. The fourth-order valence-electron chi connectivity index (χ4n) is 2.78. The maximum Gasteiger partial charge on any atom is 0.266 e. The Hall–Kier alpha value is -2.69. The molecule has 1 N–H and O–H groups in total. The van der Waals surface area contributed by atoms with Gasteiger partial charge in [0.15, 0.2) is 5.75 Å². The van der Waals surface area contributed by atoms with Crippen molar-refractivity contribution in [1.82, 2.24) is 0 Å². The molecule has 5 nitrogen and oxygen atoms in total. The van der Waals surface area contributed by atoms with E-state index in [2.05, 4.69) is 21.2 Å². The molecule has 3 aromatic carbocycles. The normalized spacial score (nSPS) is 11.0. The lowest BCUT2D eigenvalue weighted by Gasteiger charge is -2.12. The number of nitriles is 1. The van der Waals surface area contributed by atoms with Gasteiger partial charge in [0.1, 0.15) is 24.0 Å². The number of rotatable bonds is 7. The Balaban J connectivity index is 1.76. The van der Waals surface area contributed by atoms with Crippen LogP contribution in [0.15, 0.2) is 64.6 Å². The number of hydrogen-bond donors (Lipinski definition) is 1. The van der Waals surface area contributed by atoms with Crippen LogP contribution in [0.5, 0.6) is 11.5 Å². The molecule has 0 bridgehead atoms. The SMILES string of the molecule is COc1ccc(NC(=O)/C(C#N)=C\c2cc(Cl)c(OCc3ccc(Cl)cc3Cl)c(Br)c2)cc1. The molecule has 0 aromatic heterocycles. The average molecular weight is 567 g/mol. The van der Waals surface area contributed by atoms with E-state index < -0.39 is 5.91 Å². The molecule has 168 valence electrons. The highest BCUT2D eigenvalue weighted by Crippen LogP contribution is 2.36. The summed E-state index contributed by atoms with van der Waals surface area (Å²) in [7, 11) is 1.55. The quantitative estimate of drug-likeness (QED) is 0.237. The van der Waals surface area contributed by atoms with Crippen LogP contribution in [-0.2, 0) is 11.4 Å². The molecule has 0 fully saturated rings. The highest BCUT2D eigenvalue weighted by molar-refractivity contribution is 9.10. The lowest BCUT2D eigenvalue weighted by molar-refractivity contribution is -0.112. The van der Waals surface area contributed by atoms with Gasteiger partial charge < -0.3 is 14.8 Å². The number of methoxy groups -OCH3 is 1. The Labute approximate surface area is 214 Å². The molecule has 3 rings (SSSR count). The minimum Gasteiger partial charge on any atom is -0.497 e. The van der Waals surface area contributed by atoms with Crippen molar-refractivity contribution in [3.8, 4) is 17.6 Å². The van der Waals surface area contributed by atoms with E-state index in [9.17, 15) is 10.1 Å². The molecule has 0 heterocycles. The molecule has 0 saturated carbocycles. The fourth-order valence-corrected chi connectivity index (χ4v) is 4.23. The van der Waals surface area contributed by atoms with Gasteiger partial charge in [-0.25, -0.2) is 0 Å². The first kappa shape index (κ1) is 24.9. The molecule has 0 aliphatic rings. The van der Waals surface area contributed by atoms with Gasteiger partial charge in [0.05, 0.1) is 16.6 Å². The van der Waals surface area contributed by atoms with Gasteiger partial charge in [-0.15, -0.1) is 0 Å². The summed E-state index contributed by atoms with van der Waals surface area (Å²) in [5, 5.41) is 13.5. The van der Waals surface area contributed by atoms with Crippen molar-refractivity contribution < 1.29 is 14.3 Å². The number of carbonyl (C=O) groups is 1. The molecule has 0 atom stereocenters. The van der Waals surface area contributed by atoms with Gasteiger partial charge in [-0.3, -0.25) is 4.79 Å². The van der Waals surface area contributed by atoms with Crippen molar-refractivity contribution in [2.45, 2.75) is 6.61 Å². The number of amides is 1. The summed E-state index contributed by atoms with van der Waals surface area (Å²) in [5.74, 6) is 0.512. The standard InChI is InChI=1S/C24H16BrCl3N2O3/c1-32-19-6-4-18(5-7-19)30-24(31)16(12-29)8-14-9-20(25)23(22(28)10-14)33-13-15-2-3-17(26)11-21(15)27/h2-11H,13H2,1H3,(H,30,31)/b16-8-. The van der Waals surface area contributed by atoms with Crippen LogP contribution in [0.4, 0.5) is 5.69 Å². The number of anilines is 1. The van der Waals surface area contributed by atoms with E-state index in [-0.39, 0.29) is 12.2 Å². The minimum absolute atomic E-state index is 0.0876. The Kier molecular flexibility index (Phi) is 8.65.